The number of aromatic nitrogens is 2. The molecule has 23 heavy (non-hydrogen) atoms. The minimum Gasteiger partial charge on any atom is -0.772 e. The van der Waals surface area contributed by atoms with Crippen LogP contribution in [0, 0.1) is 5.82 Å². The first-order valence-corrected chi connectivity index (χ1v) is 8.08. The first kappa shape index (κ1) is 15.5. The second-order valence-electron chi connectivity index (χ2n) is 4.92. The zero-order valence-electron chi connectivity index (χ0n) is 12.0. The molecule has 1 aromatic carbocycles. The van der Waals surface area contributed by atoms with E-state index >= 15 is 0 Å². The van der Waals surface area contributed by atoms with Crippen molar-refractivity contribution in [2.45, 2.75) is 5.75 Å². The molecule has 6 heteroatoms. The van der Waals surface area contributed by atoms with Crippen molar-refractivity contribution in [3.63, 3.8) is 0 Å². The van der Waals surface area contributed by atoms with E-state index in [2.05, 4.69) is 9.97 Å². The Labute approximate surface area is 135 Å². The maximum Gasteiger partial charge on any atom is 0.127 e. The Hall–Kier alpha value is -2.44. The molecule has 2 aromatic heterocycles. The molecule has 2 heterocycles. The lowest BCUT2D eigenvalue weighted by Gasteiger charge is -2.11. The first-order chi connectivity index (χ1) is 11.1. The molecule has 3 aromatic rings. The summed E-state index contributed by atoms with van der Waals surface area (Å²) in [7, 11) is 0. The molecule has 1 unspecified atom stereocenters. The first-order valence-electron chi connectivity index (χ1n) is 6.84. The van der Waals surface area contributed by atoms with Crippen LogP contribution in [0.4, 0.5) is 4.39 Å². The summed E-state index contributed by atoms with van der Waals surface area (Å²) in [6, 6.07) is 10.1. The van der Waals surface area contributed by atoms with Crippen molar-refractivity contribution >= 4 is 11.1 Å². The van der Waals surface area contributed by atoms with E-state index in [0.29, 0.717) is 5.56 Å². The van der Waals surface area contributed by atoms with E-state index in [0.717, 1.165) is 16.7 Å². The van der Waals surface area contributed by atoms with E-state index in [4.69, 9.17) is 0 Å². The van der Waals surface area contributed by atoms with Gasteiger partial charge in [-0.25, -0.2) is 4.39 Å². The van der Waals surface area contributed by atoms with Crippen molar-refractivity contribution in [1.82, 2.24) is 9.97 Å². The van der Waals surface area contributed by atoms with E-state index in [-0.39, 0.29) is 11.3 Å². The summed E-state index contributed by atoms with van der Waals surface area (Å²) < 4.78 is 35.6. The highest BCUT2D eigenvalue weighted by molar-refractivity contribution is 7.78. The molecule has 0 N–H and O–H groups in total. The molecule has 0 spiro atoms. The van der Waals surface area contributed by atoms with Gasteiger partial charge in [-0.15, -0.1) is 0 Å². The van der Waals surface area contributed by atoms with Gasteiger partial charge in [-0.05, 0) is 34.9 Å². The zero-order chi connectivity index (χ0) is 16.2. The highest BCUT2D eigenvalue weighted by atomic mass is 32.2. The Bertz CT molecular complexity index is 856. The number of hydrogen-bond acceptors (Lipinski definition) is 4. The van der Waals surface area contributed by atoms with Crippen molar-refractivity contribution in [3.8, 4) is 22.3 Å². The van der Waals surface area contributed by atoms with Crippen LogP contribution < -0.4 is 0 Å². The summed E-state index contributed by atoms with van der Waals surface area (Å²) in [4.78, 5) is 8.20. The van der Waals surface area contributed by atoms with Gasteiger partial charge in [0.2, 0.25) is 0 Å². The van der Waals surface area contributed by atoms with Crippen molar-refractivity contribution in [2.75, 3.05) is 0 Å². The average molecular weight is 327 g/mol. The van der Waals surface area contributed by atoms with Crippen LogP contribution in [0.3, 0.4) is 0 Å². The molecule has 0 bridgehead atoms. The number of halogens is 1. The third-order valence-corrected chi connectivity index (χ3v) is 3.98. The van der Waals surface area contributed by atoms with E-state index < -0.39 is 16.9 Å². The molecule has 0 amide bonds. The normalized spacial score (nSPS) is 12.1. The number of hydrogen-bond donors (Lipinski definition) is 0. The number of pyridine rings is 2. The van der Waals surface area contributed by atoms with Gasteiger partial charge in [-0.2, -0.15) is 0 Å². The van der Waals surface area contributed by atoms with Crippen LogP contribution in [-0.4, -0.2) is 18.7 Å². The fraction of sp³-hybridized carbons (Fsp3) is 0.0588. The van der Waals surface area contributed by atoms with E-state index in [1.165, 1.54) is 12.1 Å². The third-order valence-electron chi connectivity index (χ3n) is 3.43. The molecular weight excluding hydrogens is 315 g/mol. The second-order valence-corrected chi connectivity index (χ2v) is 5.81. The van der Waals surface area contributed by atoms with Crippen LogP contribution in [0.1, 0.15) is 5.56 Å². The lowest BCUT2D eigenvalue weighted by molar-refractivity contribution is 0.533. The minimum absolute atomic E-state index is 0.147. The van der Waals surface area contributed by atoms with Crippen LogP contribution in [0.15, 0.2) is 61.2 Å². The Kier molecular flexibility index (Phi) is 4.55. The molecule has 0 aliphatic rings. The summed E-state index contributed by atoms with van der Waals surface area (Å²) in [5, 5.41) is 0. The van der Waals surface area contributed by atoms with Gasteiger partial charge in [-0.1, -0.05) is 29.3 Å². The molecule has 4 nitrogen and oxygen atoms in total. The Balaban J connectivity index is 2.06. The molecule has 0 fully saturated rings. The topological polar surface area (TPSA) is 65.9 Å². The van der Waals surface area contributed by atoms with Gasteiger partial charge in [0.05, 0.1) is 0 Å². The van der Waals surface area contributed by atoms with Crippen LogP contribution >= 0.6 is 0 Å². The van der Waals surface area contributed by atoms with Gasteiger partial charge in [0, 0.05) is 41.7 Å². The highest BCUT2D eigenvalue weighted by Crippen LogP contribution is 2.31. The van der Waals surface area contributed by atoms with Gasteiger partial charge >= 0.3 is 0 Å². The maximum absolute atomic E-state index is 14.1. The molecule has 0 saturated carbocycles. The summed E-state index contributed by atoms with van der Waals surface area (Å²) in [6.07, 6.45) is 6.73. The molecular formula is C17H12FN2O2S-. The van der Waals surface area contributed by atoms with Crippen LogP contribution in [0.2, 0.25) is 0 Å². The lowest BCUT2D eigenvalue weighted by Crippen LogP contribution is -1.97. The SMILES string of the molecule is O=S([O-])Cc1ccc(-c2cnccc2-c2cccnc2)cc1F. The molecule has 0 aliphatic carbocycles. The predicted octanol–water partition coefficient (Wildman–Crippen LogP) is 3.33. The molecule has 0 saturated heterocycles. The summed E-state index contributed by atoms with van der Waals surface area (Å²) >= 11 is -2.32. The Morgan fingerprint density at radius 3 is 2.52 bits per heavy atom. The van der Waals surface area contributed by atoms with E-state index in [1.54, 1.807) is 30.9 Å². The highest BCUT2D eigenvalue weighted by Gasteiger charge is 2.10. The summed E-state index contributed by atoms with van der Waals surface area (Å²) in [5.41, 5.74) is 3.32. The lowest BCUT2D eigenvalue weighted by atomic mass is 9.97. The number of nitrogens with zero attached hydrogens (tertiary/aromatic N) is 2. The summed E-state index contributed by atoms with van der Waals surface area (Å²) in [5.74, 6) is -0.887. The van der Waals surface area contributed by atoms with E-state index in [9.17, 15) is 13.2 Å². The van der Waals surface area contributed by atoms with Crippen molar-refractivity contribution < 1.29 is 13.2 Å². The predicted molar refractivity (Wildman–Crippen MR) is 85.5 cm³/mol. The molecule has 0 aliphatic heterocycles. The second kappa shape index (κ2) is 6.76. The fourth-order valence-electron chi connectivity index (χ4n) is 2.36. The van der Waals surface area contributed by atoms with Gasteiger partial charge < -0.3 is 4.55 Å². The molecule has 1 atom stereocenters. The smallest absolute Gasteiger partial charge is 0.127 e. The van der Waals surface area contributed by atoms with Gasteiger partial charge in [0.25, 0.3) is 0 Å². The van der Waals surface area contributed by atoms with Crippen molar-refractivity contribution in [3.05, 3.63) is 72.6 Å². The molecule has 0 radical (unpaired) electrons. The van der Waals surface area contributed by atoms with Gasteiger partial charge in [0.15, 0.2) is 0 Å². The van der Waals surface area contributed by atoms with Crippen LogP contribution in [0.5, 0.6) is 0 Å². The fourth-order valence-corrected chi connectivity index (χ4v) is 2.85. The van der Waals surface area contributed by atoms with E-state index in [1.807, 2.05) is 18.2 Å². The Morgan fingerprint density at radius 2 is 1.83 bits per heavy atom. The van der Waals surface area contributed by atoms with Gasteiger partial charge in [-0.3, -0.25) is 14.2 Å². The zero-order valence-corrected chi connectivity index (χ0v) is 12.8. The molecule has 116 valence electrons. The molecule has 3 rings (SSSR count). The monoisotopic (exact) mass is 327 g/mol. The minimum atomic E-state index is -2.32. The van der Waals surface area contributed by atoms with Crippen LogP contribution in [-0.2, 0) is 16.8 Å². The van der Waals surface area contributed by atoms with Crippen molar-refractivity contribution in [1.29, 1.82) is 0 Å². The van der Waals surface area contributed by atoms with Crippen molar-refractivity contribution in [2.24, 2.45) is 0 Å². The quantitative estimate of drug-likeness (QED) is 0.689. The maximum atomic E-state index is 14.1. The number of rotatable bonds is 4. The average Bonchev–Trinajstić information content (AvgIpc) is 2.57. The Morgan fingerprint density at radius 1 is 1.00 bits per heavy atom. The van der Waals surface area contributed by atoms with Crippen LogP contribution in [0.25, 0.3) is 22.3 Å². The third kappa shape index (κ3) is 3.49. The summed E-state index contributed by atoms with van der Waals surface area (Å²) in [6.45, 7) is 0. The number of benzene rings is 1. The standard InChI is InChI=1S/C17H13FN2O2S/c18-17-8-12(3-4-14(17)11-23(21)22)16-10-20-7-5-15(16)13-2-1-6-19-9-13/h1-10H,11H2,(H,21,22)/p-1. The largest absolute Gasteiger partial charge is 0.772 e. The van der Waals surface area contributed by atoms with Gasteiger partial charge in [0.1, 0.15) is 5.82 Å².